The van der Waals surface area contributed by atoms with Crippen molar-refractivity contribution in [2.24, 2.45) is 0 Å². The Morgan fingerprint density at radius 3 is 2.91 bits per heavy atom. The van der Waals surface area contributed by atoms with E-state index >= 15 is 0 Å². The minimum Gasteiger partial charge on any atom is -0.362 e. The lowest BCUT2D eigenvalue weighted by molar-refractivity contribution is -0.188. The number of rotatable bonds is 0. The Kier molecular flexibility index (Phi) is 1.28. The first kappa shape index (κ1) is 6.83. The van der Waals surface area contributed by atoms with Crippen LogP contribution in [0, 0.1) is 0 Å². The zero-order chi connectivity index (χ0) is 7.90. The second kappa shape index (κ2) is 2.06. The van der Waals surface area contributed by atoms with Gasteiger partial charge in [-0.25, -0.2) is 0 Å². The van der Waals surface area contributed by atoms with E-state index in [1.807, 2.05) is 24.3 Å². The molecule has 1 aromatic rings. The van der Waals surface area contributed by atoms with E-state index in [1.54, 1.807) is 6.92 Å². The predicted molar refractivity (Wildman–Crippen MR) is 40.8 cm³/mol. The van der Waals surface area contributed by atoms with E-state index in [4.69, 9.17) is 4.74 Å². The number of aliphatic hydroxyl groups is 1. The first-order valence-corrected chi connectivity index (χ1v) is 3.65. The summed E-state index contributed by atoms with van der Waals surface area (Å²) < 4.78 is 5.17. The van der Waals surface area contributed by atoms with E-state index in [0.29, 0.717) is 6.61 Å². The van der Waals surface area contributed by atoms with Crippen molar-refractivity contribution in [3.05, 3.63) is 35.4 Å². The van der Waals surface area contributed by atoms with Gasteiger partial charge in [-0.3, -0.25) is 0 Å². The van der Waals surface area contributed by atoms with Crippen molar-refractivity contribution in [1.82, 2.24) is 0 Å². The Bertz CT molecular complexity index is 279. The highest BCUT2D eigenvalue weighted by molar-refractivity contribution is 5.32. The molecule has 2 heteroatoms. The molecule has 2 nitrogen and oxygen atoms in total. The maximum atomic E-state index is 9.62. The van der Waals surface area contributed by atoms with Gasteiger partial charge in [0.05, 0.1) is 6.61 Å². The van der Waals surface area contributed by atoms with Crippen molar-refractivity contribution < 1.29 is 9.84 Å². The first-order chi connectivity index (χ1) is 5.20. The third kappa shape index (κ3) is 0.951. The van der Waals surface area contributed by atoms with Gasteiger partial charge in [0.15, 0.2) is 5.79 Å². The fraction of sp³-hybridized carbons (Fsp3) is 0.333. The molecular formula is C9H10O2. The van der Waals surface area contributed by atoms with Crippen LogP contribution in [-0.4, -0.2) is 5.11 Å². The van der Waals surface area contributed by atoms with Gasteiger partial charge in [-0.05, 0) is 12.5 Å². The van der Waals surface area contributed by atoms with Gasteiger partial charge in [0.1, 0.15) is 0 Å². The molecule has 0 saturated carbocycles. The highest BCUT2D eigenvalue weighted by Gasteiger charge is 2.32. The zero-order valence-corrected chi connectivity index (χ0v) is 6.37. The highest BCUT2D eigenvalue weighted by atomic mass is 16.6. The fourth-order valence-corrected chi connectivity index (χ4v) is 1.39. The molecular weight excluding hydrogens is 140 g/mol. The maximum absolute atomic E-state index is 9.62. The third-order valence-electron chi connectivity index (χ3n) is 2.03. The molecule has 0 aromatic heterocycles. The lowest BCUT2D eigenvalue weighted by Gasteiger charge is -2.15. The highest BCUT2D eigenvalue weighted by Crippen LogP contribution is 2.33. The van der Waals surface area contributed by atoms with E-state index in [2.05, 4.69) is 0 Å². The fourth-order valence-electron chi connectivity index (χ4n) is 1.39. The Morgan fingerprint density at radius 2 is 2.18 bits per heavy atom. The summed E-state index contributed by atoms with van der Waals surface area (Å²) in [5.74, 6) is -1.07. The van der Waals surface area contributed by atoms with Gasteiger partial charge in [0.2, 0.25) is 0 Å². The number of ether oxygens (including phenoxy) is 1. The summed E-state index contributed by atoms with van der Waals surface area (Å²) >= 11 is 0. The minimum atomic E-state index is -1.07. The summed E-state index contributed by atoms with van der Waals surface area (Å²) in [7, 11) is 0. The van der Waals surface area contributed by atoms with Crippen LogP contribution in [0.1, 0.15) is 18.1 Å². The Hall–Kier alpha value is -0.860. The van der Waals surface area contributed by atoms with Crippen LogP contribution in [0.15, 0.2) is 24.3 Å². The van der Waals surface area contributed by atoms with E-state index in [1.165, 1.54) is 0 Å². The van der Waals surface area contributed by atoms with Crippen molar-refractivity contribution in [3.63, 3.8) is 0 Å². The second-order valence-corrected chi connectivity index (χ2v) is 2.93. The molecule has 0 spiro atoms. The molecule has 1 atom stereocenters. The van der Waals surface area contributed by atoms with Crippen LogP contribution in [-0.2, 0) is 17.1 Å². The number of benzene rings is 1. The molecule has 1 aliphatic heterocycles. The monoisotopic (exact) mass is 150 g/mol. The minimum absolute atomic E-state index is 0.517. The summed E-state index contributed by atoms with van der Waals surface area (Å²) in [6.45, 7) is 2.18. The summed E-state index contributed by atoms with van der Waals surface area (Å²) in [5, 5.41) is 9.62. The van der Waals surface area contributed by atoms with Crippen LogP contribution in [0.25, 0.3) is 0 Å². The lowest BCUT2D eigenvalue weighted by Crippen LogP contribution is -2.18. The van der Waals surface area contributed by atoms with Gasteiger partial charge in [-0.2, -0.15) is 0 Å². The normalized spacial score (nSPS) is 28.5. The van der Waals surface area contributed by atoms with Crippen molar-refractivity contribution in [3.8, 4) is 0 Å². The number of hydrogen-bond acceptors (Lipinski definition) is 2. The van der Waals surface area contributed by atoms with Gasteiger partial charge in [-0.15, -0.1) is 0 Å². The zero-order valence-electron chi connectivity index (χ0n) is 6.37. The molecule has 1 aliphatic rings. The lowest BCUT2D eigenvalue weighted by atomic mass is 10.0. The molecule has 1 heterocycles. The van der Waals surface area contributed by atoms with Gasteiger partial charge in [-0.1, -0.05) is 24.3 Å². The summed E-state index contributed by atoms with van der Waals surface area (Å²) in [4.78, 5) is 0. The topological polar surface area (TPSA) is 29.5 Å². The van der Waals surface area contributed by atoms with Crippen molar-refractivity contribution in [1.29, 1.82) is 0 Å². The SMILES string of the molecule is C[C@@]1(O)OCc2ccccc21. The van der Waals surface area contributed by atoms with Crippen molar-refractivity contribution in [2.75, 3.05) is 0 Å². The average molecular weight is 150 g/mol. The summed E-state index contributed by atoms with van der Waals surface area (Å²) in [6.07, 6.45) is 0. The van der Waals surface area contributed by atoms with Crippen molar-refractivity contribution in [2.45, 2.75) is 19.3 Å². The first-order valence-electron chi connectivity index (χ1n) is 3.65. The van der Waals surface area contributed by atoms with Gasteiger partial charge >= 0.3 is 0 Å². The van der Waals surface area contributed by atoms with Crippen molar-refractivity contribution >= 4 is 0 Å². The van der Waals surface area contributed by atoms with E-state index < -0.39 is 5.79 Å². The van der Waals surface area contributed by atoms with Gasteiger partial charge < -0.3 is 9.84 Å². The molecule has 58 valence electrons. The number of fused-ring (bicyclic) bond motifs is 1. The molecule has 1 aromatic carbocycles. The van der Waals surface area contributed by atoms with E-state index in [0.717, 1.165) is 11.1 Å². The van der Waals surface area contributed by atoms with Crippen LogP contribution in [0.4, 0.5) is 0 Å². The Labute approximate surface area is 65.4 Å². The molecule has 11 heavy (non-hydrogen) atoms. The smallest absolute Gasteiger partial charge is 0.190 e. The van der Waals surface area contributed by atoms with E-state index in [9.17, 15) is 5.11 Å². The quantitative estimate of drug-likeness (QED) is 0.605. The molecule has 0 radical (unpaired) electrons. The second-order valence-electron chi connectivity index (χ2n) is 2.93. The molecule has 0 unspecified atom stereocenters. The van der Waals surface area contributed by atoms with Crippen LogP contribution >= 0.6 is 0 Å². The third-order valence-corrected chi connectivity index (χ3v) is 2.03. The largest absolute Gasteiger partial charge is 0.362 e. The maximum Gasteiger partial charge on any atom is 0.190 e. The predicted octanol–water partition coefficient (Wildman–Crippen LogP) is 1.38. The van der Waals surface area contributed by atoms with Crippen LogP contribution < -0.4 is 0 Å². The molecule has 0 fully saturated rings. The molecule has 0 saturated heterocycles. The van der Waals surface area contributed by atoms with Crippen LogP contribution in [0.3, 0.4) is 0 Å². The Balaban J connectivity index is 2.56. The van der Waals surface area contributed by atoms with Crippen LogP contribution in [0.5, 0.6) is 0 Å². The van der Waals surface area contributed by atoms with Gasteiger partial charge in [0.25, 0.3) is 0 Å². The van der Waals surface area contributed by atoms with Crippen LogP contribution in [0.2, 0.25) is 0 Å². The van der Waals surface area contributed by atoms with E-state index in [-0.39, 0.29) is 0 Å². The average Bonchev–Trinajstić information content (AvgIpc) is 2.29. The summed E-state index contributed by atoms with van der Waals surface area (Å²) in [6, 6.07) is 7.71. The Morgan fingerprint density at radius 1 is 1.45 bits per heavy atom. The molecule has 0 amide bonds. The van der Waals surface area contributed by atoms with Gasteiger partial charge in [0, 0.05) is 5.56 Å². The molecule has 0 bridgehead atoms. The standard InChI is InChI=1S/C9H10O2/c1-9(10)8-5-3-2-4-7(8)6-11-9/h2-5,10H,6H2,1H3/t9-/m1/s1. The molecule has 0 aliphatic carbocycles. The molecule has 2 rings (SSSR count). The summed E-state index contributed by atoms with van der Waals surface area (Å²) in [5.41, 5.74) is 1.97. The number of hydrogen-bond donors (Lipinski definition) is 1. The molecule has 1 N–H and O–H groups in total.